The lowest BCUT2D eigenvalue weighted by Gasteiger charge is -2.23. The maximum absolute atomic E-state index is 12.4. The minimum absolute atomic E-state index is 0.0629. The zero-order chi connectivity index (χ0) is 16.2. The molecular weight excluding hydrogens is 302 g/mol. The van der Waals surface area contributed by atoms with Crippen LogP contribution in [-0.4, -0.2) is 50.4 Å². The van der Waals surface area contributed by atoms with Gasteiger partial charge in [-0.25, -0.2) is 8.42 Å². The Bertz CT molecular complexity index is 610. The van der Waals surface area contributed by atoms with Crippen molar-refractivity contribution in [3.05, 3.63) is 29.8 Å². The smallest absolute Gasteiger partial charge is 0.253 e. The fourth-order valence-corrected chi connectivity index (χ4v) is 4.25. The van der Waals surface area contributed by atoms with Crippen molar-refractivity contribution in [1.82, 2.24) is 4.90 Å². The first kappa shape index (κ1) is 16.8. The van der Waals surface area contributed by atoms with Gasteiger partial charge < -0.3 is 9.64 Å². The molecule has 0 unspecified atom stereocenters. The van der Waals surface area contributed by atoms with E-state index in [0.717, 1.165) is 18.6 Å². The maximum atomic E-state index is 12.4. The predicted molar refractivity (Wildman–Crippen MR) is 86.0 cm³/mol. The van der Waals surface area contributed by atoms with Gasteiger partial charge in [0.05, 0.1) is 18.1 Å². The van der Waals surface area contributed by atoms with E-state index in [1.165, 1.54) is 4.90 Å². The third-order valence-electron chi connectivity index (χ3n) is 3.94. The molecule has 0 aliphatic carbocycles. The van der Waals surface area contributed by atoms with Crippen LogP contribution < -0.4 is 4.74 Å². The first-order valence-electron chi connectivity index (χ1n) is 7.63. The quantitative estimate of drug-likeness (QED) is 0.752. The molecule has 2 rings (SSSR count). The number of carbonyl (C=O) groups is 1. The topological polar surface area (TPSA) is 63.7 Å². The fourth-order valence-electron chi connectivity index (χ4n) is 2.48. The SMILES string of the molecule is CCCCOc1ccc(C(=O)N(C)[C@@H]2CCS(=O)(=O)C2)cc1. The second-order valence-electron chi connectivity index (χ2n) is 5.70. The summed E-state index contributed by atoms with van der Waals surface area (Å²) in [5, 5.41) is 0. The normalized spacial score (nSPS) is 19.8. The molecule has 1 saturated heterocycles. The number of hydrogen-bond acceptors (Lipinski definition) is 4. The van der Waals surface area contributed by atoms with Gasteiger partial charge >= 0.3 is 0 Å². The molecule has 1 aromatic carbocycles. The summed E-state index contributed by atoms with van der Waals surface area (Å²) in [4.78, 5) is 13.9. The summed E-state index contributed by atoms with van der Waals surface area (Å²) in [6.45, 7) is 2.77. The number of rotatable bonds is 6. The Morgan fingerprint density at radius 3 is 2.55 bits per heavy atom. The van der Waals surface area contributed by atoms with E-state index in [-0.39, 0.29) is 23.5 Å². The first-order chi connectivity index (χ1) is 10.4. The second kappa shape index (κ2) is 7.13. The lowest BCUT2D eigenvalue weighted by molar-refractivity contribution is 0.0747. The van der Waals surface area contributed by atoms with Crippen molar-refractivity contribution in [2.75, 3.05) is 25.2 Å². The Hall–Kier alpha value is -1.56. The van der Waals surface area contributed by atoms with Crippen molar-refractivity contribution < 1.29 is 17.9 Å². The average Bonchev–Trinajstić information content (AvgIpc) is 2.87. The number of hydrogen-bond donors (Lipinski definition) is 0. The van der Waals surface area contributed by atoms with E-state index in [1.54, 1.807) is 31.3 Å². The molecule has 6 heteroatoms. The van der Waals surface area contributed by atoms with E-state index < -0.39 is 9.84 Å². The minimum atomic E-state index is -2.99. The van der Waals surface area contributed by atoms with E-state index in [2.05, 4.69) is 6.92 Å². The Kier molecular flexibility index (Phi) is 5.45. The van der Waals surface area contributed by atoms with Gasteiger partial charge in [-0.2, -0.15) is 0 Å². The number of amides is 1. The van der Waals surface area contributed by atoms with E-state index in [4.69, 9.17) is 4.74 Å². The van der Waals surface area contributed by atoms with Gasteiger partial charge in [-0.3, -0.25) is 4.79 Å². The highest BCUT2D eigenvalue weighted by Crippen LogP contribution is 2.20. The standard InChI is InChI=1S/C16H23NO4S/c1-3-4-10-21-15-7-5-13(6-8-15)16(18)17(2)14-9-11-22(19,20)12-14/h5-8,14H,3-4,9-12H2,1-2H3/t14-/m1/s1. The molecule has 5 nitrogen and oxygen atoms in total. The van der Waals surface area contributed by atoms with Crippen LogP contribution in [0.2, 0.25) is 0 Å². The van der Waals surface area contributed by atoms with Crippen LogP contribution in [0, 0.1) is 0 Å². The molecule has 0 spiro atoms. The van der Waals surface area contributed by atoms with Crippen molar-refractivity contribution in [2.45, 2.75) is 32.2 Å². The Balaban J connectivity index is 1.97. The van der Waals surface area contributed by atoms with E-state index in [9.17, 15) is 13.2 Å². The van der Waals surface area contributed by atoms with Crippen LogP contribution in [0.4, 0.5) is 0 Å². The molecule has 0 aromatic heterocycles. The van der Waals surface area contributed by atoms with Crippen molar-refractivity contribution >= 4 is 15.7 Å². The molecular formula is C16H23NO4S. The highest BCUT2D eigenvalue weighted by molar-refractivity contribution is 7.91. The summed E-state index contributed by atoms with van der Waals surface area (Å²) < 4.78 is 28.6. The maximum Gasteiger partial charge on any atom is 0.253 e. The summed E-state index contributed by atoms with van der Waals surface area (Å²) in [5.74, 6) is 0.825. The summed E-state index contributed by atoms with van der Waals surface area (Å²) in [5.41, 5.74) is 0.551. The van der Waals surface area contributed by atoms with Gasteiger partial charge in [-0.05, 0) is 37.1 Å². The molecule has 1 aliphatic heterocycles. The van der Waals surface area contributed by atoms with E-state index >= 15 is 0 Å². The second-order valence-corrected chi connectivity index (χ2v) is 7.93. The summed E-state index contributed by atoms with van der Waals surface area (Å²) in [7, 11) is -1.32. The van der Waals surface area contributed by atoms with Crippen molar-refractivity contribution in [3.8, 4) is 5.75 Å². The van der Waals surface area contributed by atoms with Crippen molar-refractivity contribution in [1.29, 1.82) is 0 Å². The molecule has 0 radical (unpaired) electrons. The number of benzene rings is 1. The Morgan fingerprint density at radius 2 is 2.00 bits per heavy atom. The van der Waals surface area contributed by atoms with Crippen LogP contribution in [0.3, 0.4) is 0 Å². The molecule has 1 aromatic rings. The minimum Gasteiger partial charge on any atom is -0.494 e. The van der Waals surface area contributed by atoms with Gasteiger partial charge in [0, 0.05) is 18.7 Å². The molecule has 0 saturated carbocycles. The summed E-state index contributed by atoms with van der Waals surface area (Å²) in [6, 6.07) is 6.79. The summed E-state index contributed by atoms with van der Waals surface area (Å²) in [6.07, 6.45) is 2.59. The van der Waals surface area contributed by atoms with Gasteiger partial charge in [0.1, 0.15) is 5.75 Å². The van der Waals surface area contributed by atoms with Gasteiger partial charge in [0.2, 0.25) is 0 Å². The first-order valence-corrected chi connectivity index (χ1v) is 9.45. The lowest BCUT2D eigenvalue weighted by Crippen LogP contribution is -2.37. The third-order valence-corrected chi connectivity index (χ3v) is 5.69. The van der Waals surface area contributed by atoms with Gasteiger partial charge in [-0.1, -0.05) is 13.3 Å². The van der Waals surface area contributed by atoms with Crippen LogP contribution in [0.5, 0.6) is 5.75 Å². The molecule has 122 valence electrons. The number of nitrogens with zero attached hydrogens (tertiary/aromatic N) is 1. The third kappa shape index (κ3) is 4.22. The number of carbonyl (C=O) groups excluding carboxylic acids is 1. The van der Waals surface area contributed by atoms with Crippen LogP contribution in [0.25, 0.3) is 0 Å². The molecule has 22 heavy (non-hydrogen) atoms. The fraction of sp³-hybridized carbons (Fsp3) is 0.562. The number of unbranched alkanes of at least 4 members (excludes halogenated alkanes) is 1. The van der Waals surface area contributed by atoms with Crippen LogP contribution >= 0.6 is 0 Å². The zero-order valence-electron chi connectivity index (χ0n) is 13.1. The highest BCUT2D eigenvalue weighted by Gasteiger charge is 2.32. The monoisotopic (exact) mass is 325 g/mol. The number of sulfone groups is 1. The molecule has 1 fully saturated rings. The van der Waals surface area contributed by atoms with Gasteiger partial charge in [0.15, 0.2) is 9.84 Å². The number of ether oxygens (including phenoxy) is 1. The molecule has 0 N–H and O–H groups in total. The predicted octanol–water partition coefficient (Wildman–Crippen LogP) is 2.12. The van der Waals surface area contributed by atoms with E-state index in [1.807, 2.05) is 0 Å². The highest BCUT2D eigenvalue weighted by atomic mass is 32.2. The van der Waals surface area contributed by atoms with Crippen LogP contribution in [-0.2, 0) is 9.84 Å². The van der Waals surface area contributed by atoms with Crippen molar-refractivity contribution in [3.63, 3.8) is 0 Å². The van der Waals surface area contributed by atoms with Gasteiger partial charge in [0.25, 0.3) is 5.91 Å². The molecule has 1 aliphatic rings. The largest absolute Gasteiger partial charge is 0.494 e. The molecule has 0 bridgehead atoms. The van der Waals surface area contributed by atoms with E-state index in [0.29, 0.717) is 18.6 Å². The van der Waals surface area contributed by atoms with Crippen molar-refractivity contribution in [2.24, 2.45) is 0 Å². The molecule has 1 atom stereocenters. The Morgan fingerprint density at radius 1 is 1.32 bits per heavy atom. The molecule has 1 heterocycles. The van der Waals surface area contributed by atoms with Crippen LogP contribution in [0.15, 0.2) is 24.3 Å². The lowest BCUT2D eigenvalue weighted by atomic mass is 10.1. The molecule has 1 amide bonds. The van der Waals surface area contributed by atoms with Gasteiger partial charge in [-0.15, -0.1) is 0 Å². The Labute approximate surface area is 132 Å². The van der Waals surface area contributed by atoms with Crippen LogP contribution in [0.1, 0.15) is 36.5 Å². The average molecular weight is 325 g/mol. The zero-order valence-corrected chi connectivity index (χ0v) is 13.9. The summed E-state index contributed by atoms with van der Waals surface area (Å²) >= 11 is 0.